The molecule has 80 valence electrons. The van der Waals surface area contributed by atoms with Gasteiger partial charge in [-0.15, -0.1) is 0 Å². The Morgan fingerprint density at radius 3 is 2.33 bits per heavy atom. The van der Waals surface area contributed by atoms with Crippen LogP contribution >= 0.6 is 12.6 Å². The SMILES string of the molecule is C=C(C)C(=O)OCc1ccc(CS)cc1. The number of ether oxygens (including phenoxy) is 1. The number of carbonyl (C=O) groups excluding carboxylic acids is 1. The molecule has 0 bridgehead atoms. The first-order valence-corrected chi connectivity index (χ1v) is 5.28. The molecule has 15 heavy (non-hydrogen) atoms. The number of hydrogen-bond donors (Lipinski definition) is 1. The van der Waals surface area contributed by atoms with Crippen LogP contribution < -0.4 is 0 Å². The van der Waals surface area contributed by atoms with E-state index in [1.165, 1.54) is 0 Å². The lowest BCUT2D eigenvalue weighted by molar-refractivity contribution is -0.140. The molecule has 0 heterocycles. The van der Waals surface area contributed by atoms with Gasteiger partial charge in [0.15, 0.2) is 0 Å². The van der Waals surface area contributed by atoms with Crippen LogP contribution in [0.25, 0.3) is 0 Å². The lowest BCUT2D eigenvalue weighted by Crippen LogP contribution is -2.04. The molecule has 0 atom stereocenters. The standard InChI is InChI=1S/C12H14O2S/c1-9(2)12(13)14-7-10-3-5-11(8-15)6-4-10/h3-6,15H,1,7-8H2,2H3. The minimum absolute atomic E-state index is 0.290. The minimum atomic E-state index is -0.353. The molecule has 0 aromatic heterocycles. The number of carbonyl (C=O) groups is 1. The van der Waals surface area contributed by atoms with Crippen LogP contribution in [0.3, 0.4) is 0 Å². The molecule has 0 fully saturated rings. The maximum absolute atomic E-state index is 11.1. The summed E-state index contributed by atoms with van der Waals surface area (Å²) in [5.41, 5.74) is 2.53. The summed E-state index contributed by atoms with van der Waals surface area (Å²) in [6.07, 6.45) is 0. The van der Waals surface area contributed by atoms with E-state index in [1.54, 1.807) is 6.92 Å². The third-order valence-corrected chi connectivity index (χ3v) is 2.29. The zero-order valence-electron chi connectivity index (χ0n) is 8.69. The zero-order chi connectivity index (χ0) is 11.3. The molecule has 0 aliphatic rings. The maximum atomic E-state index is 11.1. The van der Waals surface area contributed by atoms with Crippen LogP contribution in [0.15, 0.2) is 36.4 Å². The molecule has 0 unspecified atom stereocenters. The van der Waals surface area contributed by atoms with Crippen molar-refractivity contribution in [2.45, 2.75) is 19.3 Å². The van der Waals surface area contributed by atoms with E-state index >= 15 is 0 Å². The van der Waals surface area contributed by atoms with Crippen LogP contribution in [0.4, 0.5) is 0 Å². The molecule has 0 saturated heterocycles. The second-order valence-corrected chi connectivity index (χ2v) is 3.65. The highest BCUT2D eigenvalue weighted by molar-refractivity contribution is 7.79. The smallest absolute Gasteiger partial charge is 0.333 e. The van der Waals surface area contributed by atoms with E-state index in [9.17, 15) is 4.79 Å². The largest absolute Gasteiger partial charge is 0.457 e. The van der Waals surface area contributed by atoms with Gasteiger partial charge in [0.05, 0.1) is 0 Å². The first kappa shape index (κ1) is 11.9. The van der Waals surface area contributed by atoms with Crippen molar-refractivity contribution in [3.8, 4) is 0 Å². The van der Waals surface area contributed by atoms with Gasteiger partial charge in [-0.05, 0) is 18.1 Å². The number of esters is 1. The average molecular weight is 222 g/mol. The van der Waals surface area contributed by atoms with Crippen LogP contribution in [-0.4, -0.2) is 5.97 Å². The molecular weight excluding hydrogens is 208 g/mol. The second-order valence-electron chi connectivity index (χ2n) is 3.33. The van der Waals surface area contributed by atoms with Crippen LogP contribution in [0, 0.1) is 0 Å². The van der Waals surface area contributed by atoms with E-state index in [1.807, 2.05) is 24.3 Å². The molecule has 1 rings (SSSR count). The molecule has 1 aromatic rings. The number of benzene rings is 1. The highest BCUT2D eigenvalue weighted by atomic mass is 32.1. The Morgan fingerprint density at radius 1 is 1.33 bits per heavy atom. The normalized spacial score (nSPS) is 9.73. The fraction of sp³-hybridized carbons (Fsp3) is 0.250. The summed E-state index contributed by atoms with van der Waals surface area (Å²) >= 11 is 4.16. The van der Waals surface area contributed by atoms with Gasteiger partial charge < -0.3 is 4.74 Å². The molecule has 0 saturated carbocycles. The average Bonchev–Trinajstić information content (AvgIpc) is 2.26. The second kappa shape index (κ2) is 5.61. The van der Waals surface area contributed by atoms with Gasteiger partial charge in [0.2, 0.25) is 0 Å². The lowest BCUT2D eigenvalue weighted by Gasteiger charge is -2.04. The molecule has 0 radical (unpaired) electrons. The van der Waals surface area contributed by atoms with E-state index in [4.69, 9.17) is 4.74 Å². The minimum Gasteiger partial charge on any atom is -0.457 e. The van der Waals surface area contributed by atoms with E-state index in [2.05, 4.69) is 19.2 Å². The quantitative estimate of drug-likeness (QED) is 0.481. The van der Waals surface area contributed by atoms with E-state index < -0.39 is 0 Å². The van der Waals surface area contributed by atoms with Gasteiger partial charge in [-0.1, -0.05) is 30.8 Å². The summed E-state index contributed by atoms with van der Waals surface area (Å²) < 4.78 is 5.01. The molecule has 1 aromatic carbocycles. The van der Waals surface area contributed by atoms with Crippen molar-refractivity contribution < 1.29 is 9.53 Å². The van der Waals surface area contributed by atoms with Crippen molar-refractivity contribution in [3.63, 3.8) is 0 Å². The predicted molar refractivity (Wildman–Crippen MR) is 63.7 cm³/mol. The lowest BCUT2D eigenvalue weighted by atomic mass is 10.2. The molecule has 0 aliphatic heterocycles. The summed E-state index contributed by atoms with van der Waals surface area (Å²) in [7, 11) is 0. The molecule has 0 amide bonds. The molecule has 0 spiro atoms. The molecular formula is C12H14O2S. The monoisotopic (exact) mass is 222 g/mol. The van der Waals surface area contributed by atoms with E-state index in [0.717, 1.165) is 11.1 Å². The first-order valence-electron chi connectivity index (χ1n) is 4.65. The van der Waals surface area contributed by atoms with Gasteiger partial charge in [-0.3, -0.25) is 0 Å². The van der Waals surface area contributed by atoms with Crippen molar-refractivity contribution in [2.75, 3.05) is 0 Å². The summed E-state index contributed by atoms with van der Waals surface area (Å²) in [6.45, 7) is 5.43. The van der Waals surface area contributed by atoms with E-state index in [-0.39, 0.29) is 5.97 Å². The van der Waals surface area contributed by atoms with Crippen LogP contribution in [0.1, 0.15) is 18.1 Å². The summed E-state index contributed by atoms with van der Waals surface area (Å²) in [5, 5.41) is 0. The van der Waals surface area contributed by atoms with Gasteiger partial charge in [0, 0.05) is 11.3 Å². The fourth-order valence-corrected chi connectivity index (χ4v) is 1.22. The van der Waals surface area contributed by atoms with Gasteiger partial charge in [-0.2, -0.15) is 12.6 Å². The summed E-state index contributed by atoms with van der Waals surface area (Å²) in [4.78, 5) is 11.1. The van der Waals surface area contributed by atoms with Crippen molar-refractivity contribution in [3.05, 3.63) is 47.5 Å². The highest BCUT2D eigenvalue weighted by Gasteiger charge is 2.02. The Bertz CT molecular complexity index is 354. The topological polar surface area (TPSA) is 26.3 Å². The Balaban J connectivity index is 2.51. The predicted octanol–water partition coefficient (Wildman–Crippen LogP) is 2.74. The Labute approximate surface area is 95.4 Å². The Kier molecular flexibility index (Phi) is 4.43. The van der Waals surface area contributed by atoms with E-state index in [0.29, 0.717) is 17.9 Å². The number of rotatable bonds is 4. The zero-order valence-corrected chi connectivity index (χ0v) is 9.59. The van der Waals surface area contributed by atoms with Gasteiger partial charge in [-0.25, -0.2) is 4.79 Å². The molecule has 0 N–H and O–H groups in total. The number of thiol groups is 1. The molecule has 0 aliphatic carbocycles. The number of hydrogen-bond acceptors (Lipinski definition) is 3. The van der Waals surface area contributed by atoms with Crippen molar-refractivity contribution in [1.29, 1.82) is 0 Å². The Hall–Kier alpha value is -1.22. The van der Waals surface area contributed by atoms with Crippen molar-refractivity contribution in [1.82, 2.24) is 0 Å². The Morgan fingerprint density at radius 2 is 1.87 bits per heavy atom. The molecule has 2 nitrogen and oxygen atoms in total. The van der Waals surface area contributed by atoms with Crippen LogP contribution in [0.5, 0.6) is 0 Å². The third-order valence-electron chi connectivity index (χ3n) is 1.92. The fourth-order valence-electron chi connectivity index (χ4n) is 1.01. The maximum Gasteiger partial charge on any atom is 0.333 e. The third kappa shape index (κ3) is 3.80. The highest BCUT2D eigenvalue weighted by Crippen LogP contribution is 2.08. The van der Waals surface area contributed by atoms with Gasteiger partial charge in [0.1, 0.15) is 6.61 Å². The first-order chi connectivity index (χ1) is 7.13. The van der Waals surface area contributed by atoms with Crippen LogP contribution in [0.2, 0.25) is 0 Å². The summed E-state index contributed by atoms with van der Waals surface area (Å²) in [5.74, 6) is 0.361. The summed E-state index contributed by atoms with van der Waals surface area (Å²) in [6, 6.07) is 7.79. The van der Waals surface area contributed by atoms with Crippen LogP contribution in [-0.2, 0) is 21.9 Å². The van der Waals surface area contributed by atoms with Gasteiger partial charge >= 0.3 is 5.97 Å². The van der Waals surface area contributed by atoms with Crippen molar-refractivity contribution in [2.24, 2.45) is 0 Å². The molecule has 3 heteroatoms. The van der Waals surface area contributed by atoms with Crippen molar-refractivity contribution >= 4 is 18.6 Å². The van der Waals surface area contributed by atoms with Gasteiger partial charge in [0.25, 0.3) is 0 Å².